The molecule has 1 fully saturated rings. The molecule has 18 heavy (non-hydrogen) atoms. The number of carbonyl (C=O) groups is 1. The third-order valence-electron chi connectivity index (χ3n) is 2.92. The Morgan fingerprint density at radius 2 is 2.33 bits per heavy atom. The van der Waals surface area contributed by atoms with Gasteiger partial charge in [-0.3, -0.25) is 4.79 Å². The molecule has 4 nitrogen and oxygen atoms in total. The van der Waals surface area contributed by atoms with E-state index in [1.54, 1.807) is 7.11 Å². The SMILES string of the molecule is COc1cc(I)ccc1C(=O)N1CCO[C@H](C)C1. The van der Waals surface area contributed by atoms with Crippen LogP contribution in [0.25, 0.3) is 0 Å². The standard InChI is InChI=1S/C13H16INO3/c1-9-8-15(5-6-18-9)13(16)11-4-3-10(14)7-12(11)17-2/h3-4,7,9H,5-6,8H2,1-2H3/t9-/m1/s1. The largest absolute Gasteiger partial charge is 0.496 e. The van der Waals surface area contributed by atoms with E-state index in [9.17, 15) is 4.79 Å². The van der Waals surface area contributed by atoms with Crippen molar-refractivity contribution in [3.05, 3.63) is 27.3 Å². The molecule has 1 aliphatic heterocycles. The lowest BCUT2D eigenvalue weighted by molar-refractivity contribution is -0.0125. The van der Waals surface area contributed by atoms with E-state index < -0.39 is 0 Å². The number of hydrogen-bond acceptors (Lipinski definition) is 3. The average molecular weight is 361 g/mol. The lowest BCUT2D eigenvalue weighted by Crippen LogP contribution is -2.44. The molecule has 98 valence electrons. The number of morpholine rings is 1. The van der Waals surface area contributed by atoms with Crippen molar-refractivity contribution in [3.63, 3.8) is 0 Å². The first kappa shape index (κ1) is 13.6. The normalized spacial score (nSPS) is 19.7. The van der Waals surface area contributed by atoms with Gasteiger partial charge in [-0.05, 0) is 47.7 Å². The maximum absolute atomic E-state index is 12.4. The number of methoxy groups -OCH3 is 1. The Kier molecular flexibility index (Phi) is 4.45. The number of hydrogen-bond donors (Lipinski definition) is 0. The summed E-state index contributed by atoms with van der Waals surface area (Å²) in [6, 6.07) is 5.61. The van der Waals surface area contributed by atoms with Gasteiger partial charge < -0.3 is 14.4 Å². The molecule has 0 bridgehead atoms. The number of rotatable bonds is 2. The third kappa shape index (κ3) is 2.95. The van der Waals surface area contributed by atoms with Gasteiger partial charge in [0.25, 0.3) is 5.91 Å². The van der Waals surface area contributed by atoms with Gasteiger partial charge in [0.05, 0.1) is 25.4 Å². The zero-order valence-electron chi connectivity index (χ0n) is 10.5. The van der Waals surface area contributed by atoms with Crippen molar-refractivity contribution in [1.29, 1.82) is 0 Å². The summed E-state index contributed by atoms with van der Waals surface area (Å²) in [6.07, 6.45) is 0.0949. The van der Waals surface area contributed by atoms with E-state index in [2.05, 4.69) is 22.6 Å². The molecule has 1 aromatic rings. The first-order valence-electron chi connectivity index (χ1n) is 5.86. The van der Waals surface area contributed by atoms with Gasteiger partial charge in [0.15, 0.2) is 0 Å². The zero-order valence-corrected chi connectivity index (χ0v) is 12.6. The van der Waals surface area contributed by atoms with Gasteiger partial charge in [-0.15, -0.1) is 0 Å². The molecule has 5 heteroatoms. The van der Waals surface area contributed by atoms with Crippen LogP contribution in [-0.4, -0.2) is 43.7 Å². The van der Waals surface area contributed by atoms with Crippen LogP contribution in [0.5, 0.6) is 5.75 Å². The molecule has 0 aromatic heterocycles. The average Bonchev–Trinajstić information content (AvgIpc) is 2.37. The van der Waals surface area contributed by atoms with E-state index in [0.29, 0.717) is 31.0 Å². The van der Waals surface area contributed by atoms with Gasteiger partial charge in [0.1, 0.15) is 5.75 Å². The first-order chi connectivity index (χ1) is 8.61. The van der Waals surface area contributed by atoms with Crippen LogP contribution in [0.1, 0.15) is 17.3 Å². The van der Waals surface area contributed by atoms with E-state index in [4.69, 9.17) is 9.47 Å². The topological polar surface area (TPSA) is 38.8 Å². The summed E-state index contributed by atoms with van der Waals surface area (Å²) in [5.74, 6) is 0.643. The van der Waals surface area contributed by atoms with Gasteiger partial charge in [-0.25, -0.2) is 0 Å². The predicted molar refractivity (Wildman–Crippen MR) is 77.0 cm³/mol. The van der Waals surface area contributed by atoms with E-state index in [0.717, 1.165) is 3.57 Å². The highest BCUT2D eigenvalue weighted by Crippen LogP contribution is 2.23. The Morgan fingerprint density at radius 1 is 1.56 bits per heavy atom. The molecule has 1 aromatic carbocycles. The highest BCUT2D eigenvalue weighted by molar-refractivity contribution is 14.1. The maximum atomic E-state index is 12.4. The van der Waals surface area contributed by atoms with Crippen molar-refractivity contribution >= 4 is 28.5 Å². The highest BCUT2D eigenvalue weighted by atomic mass is 127. The molecule has 0 saturated carbocycles. The maximum Gasteiger partial charge on any atom is 0.257 e. The molecular formula is C13H16INO3. The number of amides is 1. The molecule has 1 heterocycles. The Labute approximate surface area is 120 Å². The van der Waals surface area contributed by atoms with Crippen LogP contribution in [0.2, 0.25) is 0 Å². The molecule has 1 atom stereocenters. The summed E-state index contributed by atoms with van der Waals surface area (Å²) in [6.45, 7) is 3.84. The Morgan fingerprint density at radius 3 is 3.00 bits per heavy atom. The van der Waals surface area contributed by atoms with Gasteiger partial charge in [0.2, 0.25) is 0 Å². The second-order valence-electron chi connectivity index (χ2n) is 4.28. The Balaban J connectivity index is 2.22. The fraction of sp³-hybridized carbons (Fsp3) is 0.462. The minimum Gasteiger partial charge on any atom is -0.496 e. The minimum atomic E-state index is 0.0124. The Hall–Kier alpha value is -0.820. The number of benzene rings is 1. The summed E-state index contributed by atoms with van der Waals surface area (Å²) in [5, 5.41) is 0. The summed E-state index contributed by atoms with van der Waals surface area (Å²) in [4.78, 5) is 14.2. The fourth-order valence-corrected chi connectivity index (χ4v) is 2.48. The van der Waals surface area contributed by atoms with Gasteiger partial charge in [0, 0.05) is 16.7 Å². The van der Waals surface area contributed by atoms with Crippen molar-refractivity contribution < 1.29 is 14.3 Å². The smallest absolute Gasteiger partial charge is 0.257 e. The van der Waals surface area contributed by atoms with Crippen LogP contribution in [-0.2, 0) is 4.74 Å². The van der Waals surface area contributed by atoms with E-state index in [1.807, 2.05) is 30.0 Å². The van der Waals surface area contributed by atoms with Crippen molar-refractivity contribution in [2.75, 3.05) is 26.8 Å². The molecule has 1 aliphatic rings. The lowest BCUT2D eigenvalue weighted by atomic mass is 10.1. The summed E-state index contributed by atoms with van der Waals surface area (Å²) >= 11 is 2.20. The van der Waals surface area contributed by atoms with E-state index in [1.165, 1.54) is 0 Å². The molecule has 0 radical (unpaired) electrons. The second-order valence-corrected chi connectivity index (χ2v) is 5.52. The van der Waals surface area contributed by atoms with E-state index >= 15 is 0 Å². The Bertz CT molecular complexity index is 450. The van der Waals surface area contributed by atoms with Gasteiger partial charge in [-0.2, -0.15) is 0 Å². The molecule has 2 rings (SSSR count). The minimum absolute atomic E-state index is 0.0124. The van der Waals surface area contributed by atoms with Crippen LogP contribution < -0.4 is 4.74 Å². The number of carbonyl (C=O) groups excluding carboxylic acids is 1. The summed E-state index contributed by atoms with van der Waals surface area (Å²) < 4.78 is 11.8. The van der Waals surface area contributed by atoms with Crippen LogP contribution >= 0.6 is 22.6 Å². The van der Waals surface area contributed by atoms with Crippen molar-refractivity contribution in [2.45, 2.75) is 13.0 Å². The predicted octanol–water partition coefficient (Wildman–Crippen LogP) is 2.16. The van der Waals surface area contributed by atoms with E-state index in [-0.39, 0.29) is 12.0 Å². The van der Waals surface area contributed by atoms with Crippen LogP contribution in [0.3, 0.4) is 0 Å². The number of nitrogens with zero attached hydrogens (tertiary/aromatic N) is 1. The van der Waals surface area contributed by atoms with Crippen molar-refractivity contribution in [1.82, 2.24) is 4.90 Å². The molecule has 1 amide bonds. The fourth-order valence-electron chi connectivity index (χ4n) is 2.01. The summed E-state index contributed by atoms with van der Waals surface area (Å²) in [7, 11) is 1.59. The monoisotopic (exact) mass is 361 g/mol. The number of ether oxygens (including phenoxy) is 2. The van der Waals surface area contributed by atoms with Crippen molar-refractivity contribution in [2.24, 2.45) is 0 Å². The molecular weight excluding hydrogens is 345 g/mol. The quantitative estimate of drug-likeness (QED) is 0.758. The molecule has 0 unspecified atom stereocenters. The molecule has 0 aliphatic carbocycles. The molecule has 0 spiro atoms. The zero-order chi connectivity index (χ0) is 13.1. The highest BCUT2D eigenvalue weighted by Gasteiger charge is 2.24. The third-order valence-corrected chi connectivity index (χ3v) is 3.59. The second kappa shape index (κ2) is 5.88. The van der Waals surface area contributed by atoms with Gasteiger partial charge >= 0.3 is 0 Å². The van der Waals surface area contributed by atoms with Crippen molar-refractivity contribution in [3.8, 4) is 5.75 Å². The van der Waals surface area contributed by atoms with Crippen LogP contribution in [0.15, 0.2) is 18.2 Å². The molecule has 1 saturated heterocycles. The van der Waals surface area contributed by atoms with Crippen LogP contribution in [0.4, 0.5) is 0 Å². The number of halogens is 1. The summed E-state index contributed by atoms with van der Waals surface area (Å²) in [5.41, 5.74) is 0.618. The first-order valence-corrected chi connectivity index (χ1v) is 6.94. The lowest BCUT2D eigenvalue weighted by Gasteiger charge is -2.31. The molecule has 0 N–H and O–H groups in total. The van der Waals surface area contributed by atoms with Crippen LogP contribution in [0, 0.1) is 3.57 Å². The van der Waals surface area contributed by atoms with Gasteiger partial charge in [-0.1, -0.05) is 0 Å².